The van der Waals surface area contributed by atoms with Gasteiger partial charge in [-0.1, -0.05) is 6.92 Å². The van der Waals surface area contributed by atoms with Gasteiger partial charge in [-0.15, -0.1) is 0 Å². The van der Waals surface area contributed by atoms with Gasteiger partial charge >= 0.3 is 5.97 Å². The summed E-state index contributed by atoms with van der Waals surface area (Å²) in [5, 5.41) is 13.3. The van der Waals surface area contributed by atoms with Crippen LogP contribution in [0.3, 0.4) is 0 Å². The van der Waals surface area contributed by atoms with E-state index in [0.717, 1.165) is 5.56 Å². The Kier molecular flexibility index (Phi) is 3.70. The average molecular weight is 259 g/mol. The van der Waals surface area contributed by atoms with E-state index in [9.17, 15) is 9.59 Å². The molecule has 0 aromatic carbocycles. The second-order valence-electron chi connectivity index (χ2n) is 4.01. The molecular formula is C13H13N3O3. The number of nitrogens with zero attached hydrogens (tertiary/aromatic N) is 3. The summed E-state index contributed by atoms with van der Waals surface area (Å²) in [6.45, 7) is 2.28. The summed E-state index contributed by atoms with van der Waals surface area (Å²) in [4.78, 5) is 26.9. The molecule has 0 spiro atoms. The number of hydrogen-bond donors (Lipinski definition) is 1. The quantitative estimate of drug-likeness (QED) is 0.897. The molecule has 1 N–H and O–H groups in total. The largest absolute Gasteiger partial charge is 0.477 e. The molecule has 98 valence electrons. The van der Waals surface area contributed by atoms with Gasteiger partial charge in [0.05, 0.1) is 5.69 Å². The van der Waals surface area contributed by atoms with E-state index in [1.54, 1.807) is 24.5 Å². The maximum absolute atomic E-state index is 11.9. The Balaban J connectivity index is 2.63. The van der Waals surface area contributed by atoms with Crippen LogP contribution in [0.15, 0.2) is 35.4 Å². The van der Waals surface area contributed by atoms with Gasteiger partial charge < -0.3 is 5.11 Å². The molecule has 0 aliphatic carbocycles. The number of hydrogen-bond acceptors (Lipinski definition) is 4. The number of pyridine rings is 1. The first-order valence-electron chi connectivity index (χ1n) is 5.89. The van der Waals surface area contributed by atoms with E-state index in [1.165, 1.54) is 10.7 Å². The molecule has 0 atom stereocenters. The molecule has 19 heavy (non-hydrogen) atoms. The first-order valence-corrected chi connectivity index (χ1v) is 5.89. The maximum atomic E-state index is 11.9. The number of carboxylic acids is 1. The van der Waals surface area contributed by atoms with Crippen LogP contribution >= 0.6 is 0 Å². The van der Waals surface area contributed by atoms with Crippen molar-refractivity contribution in [3.05, 3.63) is 46.5 Å². The van der Waals surface area contributed by atoms with E-state index in [4.69, 9.17) is 5.11 Å². The van der Waals surface area contributed by atoms with Crippen LogP contribution in [0.5, 0.6) is 0 Å². The highest BCUT2D eigenvalue weighted by atomic mass is 16.4. The molecule has 2 rings (SSSR count). The Morgan fingerprint density at radius 1 is 1.37 bits per heavy atom. The minimum atomic E-state index is -1.24. The van der Waals surface area contributed by atoms with E-state index in [0.29, 0.717) is 18.7 Å². The van der Waals surface area contributed by atoms with Gasteiger partial charge in [-0.3, -0.25) is 9.78 Å². The summed E-state index contributed by atoms with van der Waals surface area (Å²) in [5.41, 5.74) is 0.331. The van der Waals surface area contributed by atoms with Crippen molar-refractivity contribution in [2.45, 2.75) is 19.9 Å². The van der Waals surface area contributed by atoms with Crippen molar-refractivity contribution < 1.29 is 9.90 Å². The van der Waals surface area contributed by atoms with E-state index < -0.39 is 11.5 Å². The highest BCUT2D eigenvalue weighted by molar-refractivity contribution is 5.88. The molecule has 6 nitrogen and oxygen atoms in total. The fraction of sp³-hybridized carbons (Fsp3) is 0.231. The van der Waals surface area contributed by atoms with Gasteiger partial charge in [-0.05, 0) is 24.6 Å². The molecule has 0 saturated heterocycles. The van der Waals surface area contributed by atoms with Crippen molar-refractivity contribution in [3.8, 4) is 11.3 Å². The molecule has 0 aliphatic rings. The monoisotopic (exact) mass is 259 g/mol. The fourth-order valence-corrected chi connectivity index (χ4v) is 1.72. The van der Waals surface area contributed by atoms with Gasteiger partial charge in [0.25, 0.3) is 5.56 Å². The molecule has 0 aliphatic heterocycles. The van der Waals surface area contributed by atoms with Crippen LogP contribution in [0.1, 0.15) is 23.7 Å². The van der Waals surface area contributed by atoms with Gasteiger partial charge in [-0.25, -0.2) is 9.48 Å². The fourth-order valence-electron chi connectivity index (χ4n) is 1.72. The van der Waals surface area contributed by atoms with Crippen LogP contribution in [-0.2, 0) is 6.54 Å². The van der Waals surface area contributed by atoms with Gasteiger partial charge in [0.2, 0.25) is 0 Å². The van der Waals surface area contributed by atoms with Crippen LogP contribution in [0.25, 0.3) is 11.3 Å². The molecule has 0 radical (unpaired) electrons. The summed E-state index contributed by atoms with van der Waals surface area (Å²) in [5.74, 6) is -1.24. The Bertz CT molecular complexity index is 650. The van der Waals surface area contributed by atoms with Crippen molar-refractivity contribution in [1.29, 1.82) is 0 Å². The van der Waals surface area contributed by atoms with Crippen LogP contribution < -0.4 is 5.56 Å². The molecule has 0 saturated carbocycles. The van der Waals surface area contributed by atoms with Crippen molar-refractivity contribution >= 4 is 5.97 Å². The van der Waals surface area contributed by atoms with Crippen molar-refractivity contribution in [1.82, 2.24) is 14.8 Å². The third kappa shape index (κ3) is 2.67. The summed E-state index contributed by atoms with van der Waals surface area (Å²) in [6, 6.07) is 4.73. The van der Waals surface area contributed by atoms with Gasteiger partial charge in [0.15, 0.2) is 0 Å². The Morgan fingerprint density at radius 3 is 2.63 bits per heavy atom. The summed E-state index contributed by atoms with van der Waals surface area (Å²) < 4.78 is 1.19. The van der Waals surface area contributed by atoms with Crippen molar-refractivity contribution in [2.24, 2.45) is 0 Å². The first-order chi connectivity index (χ1) is 9.13. The molecule has 0 amide bonds. The van der Waals surface area contributed by atoms with Crippen LogP contribution in [0.2, 0.25) is 0 Å². The second kappa shape index (κ2) is 5.43. The number of carboxylic acid groups (broad SMARTS) is 1. The lowest BCUT2D eigenvalue weighted by molar-refractivity contribution is 0.0693. The zero-order chi connectivity index (χ0) is 13.8. The summed E-state index contributed by atoms with van der Waals surface area (Å²) >= 11 is 0. The maximum Gasteiger partial charge on any atom is 0.341 e. The predicted molar refractivity (Wildman–Crippen MR) is 69.0 cm³/mol. The van der Waals surface area contributed by atoms with Crippen LogP contribution in [0.4, 0.5) is 0 Å². The molecule has 0 fully saturated rings. The zero-order valence-corrected chi connectivity index (χ0v) is 10.4. The zero-order valence-electron chi connectivity index (χ0n) is 10.4. The highest BCUT2D eigenvalue weighted by Gasteiger charge is 2.14. The lowest BCUT2D eigenvalue weighted by Gasteiger charge is -2.07. The molecule has 2 aromatic rings. The average Bonchev–Trinajstić information content (AvgIpc) is 2.42. The second-order valence-corrected chi connectivity index (χ2v) is 4.01. The van der Waals surface area contributed by atoms with Gasteiger partial charge in [0, 0.05) is 24.5 Å². The van der Waals surface area contributed by atoms with E-state index in [2.05, 4.69) is 10.1 Å². The molecule has 0 bridgehead atoms. The number of aromatic carboxylic acids is 1. The lowest BCUT2D eigenvalue weighted by atomic mass is 10.1. The smallest absolute Gasteiger partial charge is 0.341 e. The molecular weight excluding hydrogens is 246 g/mol. The number of rotatable bonds is 4. The predicted octanol–water partition coefficient (Wildman–Crippen LogP) is 1.41. The molecule has 2 heterocycles. The normalized spacial score (nSPS) is 10.4. The number of carbonyl (C=O) groups is 1. The topological polar surface area (TPSA) is 85.1 Å². The first kappa shape index (κ1) is 12.9. The van der Waals surface area contributed by atoms with Crippen molar-refractivity contribution in [3.63, 3.8) is 0 Å². The summed E-state index contributed by atoms with van der Waals surface area (Å²) in [6.07, 6.45) is 3.88. The van der Waals surface area contributed by atoms with Gasteiger partial charge in [-0.2, -0.15) is 5.10 Å². The van der Waals surface area contributed by atoms with E-state index in [-0.39, 0.29) is 5.56 Å². The van der Waals surface area contributed by atoms with Crippen LogP contribution in [0, 0.1) is 0 Å². The minimum absolute atomic E-state index is 0.268. The SMILES string of the molecule is CCCn1nc(-c2ccncc2)cc(C(=O)O)c1=O. The Morgan fingerprint density at radius 2 is 2.05 bits per heavy atom. The number of aryl methyl sites for hydroxylation is 1. The third-order valence-corrected chi connectivity index (χ3v) is 2.62. The number of aromatic nitrogens is 3. The highest BCUT2D eigenvalue weighted by Crippen LogP contribution is 2.15. The Hall–Kier alpha value is -2.50. The van der Waals surface area contributed by atoms with Gasteiger partial charge in [0.1, 0.15) is 5.56 Å². The lowest BCUT2D eigenvalue weighted by Crippen LogP contribution is -2.28. The van der Waals surface area contributed by atoms with Crippen molar-refractivity contribution in [2.75, 3.05) is 0 Å². The minimum Gasteiger partial charge on any atom is -0.477 e. The molecule has 0 unspecified atom stereocenters. The summed E-state index contributed by atoms with van der Waals surface area (Å²) in [7, 11) is 0. The standard InChI is InChI=1S/C13H13N3O3/c1-2-7-16-12(17)10(13(18)19)8-11(15-16)9-3-5-14-6-4-9/h3-6,8H,2,7H2,1H3,(H,18,19). The molecule has 6 heteroatoms. The third-order valence-electron chi connectivity index (χ3n) is 2.62. The molecule has 2 aromatic heterocycles. The van der Waals surface area contributed by atoms with E-state index in [1.807, 2.05) is 6.92 Å². The van der Waals surface area contributed by atoms with Crippen LogP contribution in [-0.4, -0.2) is 25.8 Å². The Labute approximate surface area is 109 Å². The van der Waals surface area contributed by atoms with E-state index >= 15 is 0 Å².